The molecule has 1 unspecified atom stereocenters. The van der Waals surface area contributed by atoms with Crippen LogP contribution >= 0.6 is 11.6 Å². The topological polar surface area (TPSA) is 75.7 Å². The van der Waals surface area contributed by atoms with Gasteiger partial charge in [-0.15, -0.1) is 0 Å². The van der Waals surface area contributed by atoms with Gasteiger partial charge in [0.25, 0.3) is 5.91 Å². The predicted octanol–water partition coefficient (Wildman–Crippen LogP) is 1.89. The van der Waals surface area contributed by atoms with E-state index in [1.165, 1.54) is 18.2 Å². The molecular formula is C15H21ClN2O4S. The van der Waals surface area contributed by atoms with Crippen molar-refractivity contribution in [2.75, 3.05) is 19.7 Å². The number of rotatable bonds is 4. The Hall–Kier alpha value is -1.15. The quantitative estimate of drug-likeness (QED) is 0.889. The van der Waals surface area contributed by atoms with Gasteiger partial charge in [0, 0.05) is 19.1 Å². The van der Waals surface area contributed by atoms with Crippen molar-refractivity contribution in [3.63, 3.8) is 0 Å². The zero-order valence-corrected chi connectivity index (χ0v) is 14.9. The van der Waals surface area contributed by atoms with Crippen LogP contribution in [-0.4, -0.2) is 51.1 Å². The first-order valence-electron chi connectivity index (χ1n) is 7.43. The fourth-order valence-corrected chi connectivity index (χ4v) is 3.86. The van der Waals surface area contributed by atoms with Crippen LogP contribution in [0, 0.1) is 0 Å². The minimum absolute atomic E-state index is 0.0280. The van der Waals surface area contributed by atoms with E-state index in [2.05, 4.69) is 4.72 Å². The van der Waals surface area contributed by atoms with Crippen LogP contribution in [0.4, 0.5) is 0 Å². The van der Waals surface area contributed by atoms with Gasteiger partial charge in [0.1, 0.15) is 0 Å². The highest BCUT2D eigenvalue weighted by atomic mass is 35.5. The van der Waals surface area contributed by atoms with E-state index in [0.717, 1.165) is 0 Å². The molecule has 1 atom stereocenters. The zero-order chi connectivity index (χ0) is 17.2. The summed E-state index contributed by atoms with van der Waals surface area (Å²) >= 11 is 6.11. The van der Waals surface area contributed by atoms with E-state index in [0.29, 0.717) is 19.7 Å². The largest absolute Gasteiger partial charge is 0.375 e. The molecule has 0 aromatic heterocycles. The third-order valence-electron chi connectivity index (χ3n) is 3.40. The Morgan fingerprint density at radius 3 is 2.74 bits per heavy atom. The molecule has 1 amide bonds. The Balaban J connectivity index is 2.32. The van der Waals surface area contributed by atoms with Crippen LogP contribution in [0.2, 0.25) is 5.02 Å². The Morgan fingerprint density at radius 2 is 2.13 bits per heavy atom. The van der Waals surface area contributed by atoms with Crippen molar-refractivity contribution in [1.82, 2.24) is 9.62 Å². The molecule has 1 N–H and O–H groups in total. The first-order valence-corrected chi connectivity index (χ1v) is 9.29. The standard InChI is InChI=1S/C15H21ClN2O4S/c1-10(2)17-23(20,21)12-4-5-14(16)13(8-12)15(19)18-6-7-22-11(3)9-18/h4-5,8,10-11,17H,6-7,9H2,1-3H3. The summed E-state index contributed by atoms with van der Waals surface area (Å²) in [6.45, 7) is 6.71. The molecule has 1 heterocycles. The van der Waals surface area contributed by atoms with Crippen molar-refractivity contribution >= 4 is 27.5 Å². The number of morpholine rings is 1. The maximum Gasteiger partial charge on any atom is 0.255 e. The lowest BCUT2D eigenvalue weighted by Gasteiger charge is -2.31. The number of halogens is 1. The molecule has 128 valence electrons. The van der Waals surface area contributed by atoms with Crippen molar-refractivity contribution < 1.29 is 17.9 Å². The number of ether oxygens (including phenoxy) is 1. The van der Waals surface area contributed by atoms with E-state index in [9.17, 15) is 13.2 Å². The molecule has 0 bridgehead atoms. The summed E-state index contributed by atoms with van der Waals surface area (Å²) in [5, 5.41) is 0.234. The summed E-state index contributed by atoms with van der Waals surface area (Å²) in [7, 11) is -3.68. The van der Waals surface area contributed by atoms with Gasteiger partial charge in [0.15, 0.2) is 0 Å². The average molecular weight is 361 g/mol. The van der Waals surface area contributed by atoms with Gasteiger partial charge in [-0.25, -0.2) is 13.1 Å². The molecule has 0 saturated carbocycles. The molecule has 0 radical (unpaired) electrons. The van der Waals surface area contributed by atoms with Crippen LogP contribution in [0.25, 0.3) is 0 Å². The SMILES string of the molecule is CC(C)NS(=O)(=O)c1ccc(Cl)c(C(=O)N2CCOC(C)C2)c1. The molecule has 1 aromatic carbocycles. The molecule has 23 heavy (non-hydrogen) atoms. The summed E-state index contributed by atoms with van der Waals surface area (Å²) in [5.74, 6) is -0.285. The number of carbonyl (C=O) groups is 1. The maximum absolute atomic E-state index is 12.6. The number of hydrogen-bond donors (Lipinski definition) is 1. The lowest BCUT2D eigenvalue weighted by molar-refractivity contribution is -0.0124. The van der Waals surface area contributed by atoms with E-state index in [1.54, 1.807) is 18.7 Å². The second-order valence-electron chi connectivity index (χ2n) is 5.85. The second kappa shape index (κ2) is 7.17. The van der Waals surface area contributed by atoms with Gasteiger partial charge >= 0.3 is 0 Å². The lowest BCUT2D eigenvalue weighted by atomic mass is 10.1. The van der Waals surface area contributed by atoms with Crippen LogP contribution in [0.3, 0.4) is 0 Å². The molecule has 1 aliphatic rings. The molecule has 1 aliphatic heterocycles. The summed E-state index contributed by atoms with van der Waals surface area (Å²) in [6.07, 6.45) is -0.0546. The normalized spacial score (nSPS) is 19.2. The zero-order valence-electron chi connectivity index (χ0n) is 13.4. The average Bonchev–Trinajstić information content (AvgIpc) is 2.45. The summed E-state index contributed by atoms with van der Waals surface area (Å²) in [5.41, 5.74) is 0.187. The number of sulfonamides is 1. The second-order valence-corrected chi connectivity index (χ2v) is 7.97. The van der Waals surface area contributed by atoms with Crippen LogP contribution < -0.4 is 4.72 Å². The van der Waals surface area contributed by atoms with Crippen LogP contribution in [0.1, 0.15) is 31.1 Å². The van der Waals surface area contributed by atoms with E-state index >= 15 is 0 Å². The molecule has 0 spiro atoms. The van der Waals surface area contributed by atoms with Crippen molar-refractivity contribution in [1.29, 1.82) is 0 Å². The van der Waals surface area contributed by atoms with Crippen molar-refractivity contribution in [2.45, 2.75) is 37.8 Å². The lowest BCUT2D eigenvalue weighted by Crippen LogP contribution is -2.44. The molecule has 1 saturated heterocycles. The van der Waals surface area contributed by atoms with E-state index < -0.39 is 10.0 Å². The van der Waals surface area contributed by atoms with Crippen LogP contribution in [0.15, 0.2) is 23.1 Å². The minimum atomic E-state index is -3.68. The van der Waals surface area contributed by atoms with Gasteiger partial charge in [0.05, 0.1) is 28.2 Å². The molecule has 6 nitrogen and oxygen atoms in total. The van der Waals surface area contributed by atoms with Crippen molar-refractivity contribution in [3.05, 3.63) is 28.8 Å². The van der Waals surface area contributed by atoms with Crippen molar-refractivity contribution in [3.8, 4) is 0 Å². The highest BCUT2D eigenvalue weighted by molar-refractivity contribution is 7.89. The van der Waals surface area contributed by atoms with Gasteiger partial charge in [0.2, 0.25) is 10.0 Å². The molecule has 1 fully saturated rings. The van der Waals surface area contributed by atoms with E-state index in [1.807, 2.05) is 6.92 Å². The van der Waals surface area contributed by atoms with Gasteiger partial charge < -0.3 is 9.64 Å². The summed E-state index contributed by atoms with van der Waals surface area (Å²) in [6, 6.07) is 3.92. The molecule has 0 aliphatic carbocycles. The number of nitrogens with one attached hydrogen (secondary N) is 1. The third kappa shape index (κ3) is 4.44. The minimum Gasteiger partial charge on any atom is -0.375 e. The van der Waals surface area contributed by atoms with Gasteiger partial charge in [-0.2, -0.15) is 0 Å². The van der Waals surface area contributed by atoms with E-state index in [4.69, 9.17) is 16.3 Å². The van der Waals surface area contributed by atoms with Gasteiger partial charge in [-0.3, -0.25) is 4.79 Å². The Bertz CT molecular complexity index is 691. The van der Waals surface area contributed by atoms with Gasteiger partial charge in [-0.1, -0.05) is 11.6 Å². The molecule has 8 heteroatoms. The smallest absolute Gasteiger partial charge is 0.255 e. The summed E-state index contributed by atoms with van der Waals surface area (Å²) < 4.78 is 32.4. The Kier molecular flexibility index (Phi) is 5.67. The van der Waals surface area contributed by atoms with Gasteiger partial charge in [-0.05, 0) is 39.0 Å². The van der Waals surface area contributed by atoms with Crippen molar-refractivity contribution in [2.24, 2.45) is 0 Å². The number of amides is 1. The monoisotopic (exact) mass is 360 g/mol. The number of carbonyl (C=O) groups excluding carboxylic acids is 1. The number of nitrogens with zero attached hydrogens (tertiary/aromatic N) is 1. The molecule has 1 aromatic rings. The Morgan fingerprint density at radius 1 is 1.43 bits per heavy atom. The third-order valence-corrected chi connectivity index (χ3v) is 5.38. The number of hydrogen-bond acceptors (Lipinski definition) is 4. The predicted molar refractivity (Wildman–Crippen MR) is 88.2 cm³/mol. The number of benzene rings is 1. The highest BCUT2D eigenvalue weighted by Gasteiger charge is 2.26. The fourth-order valence-electron chi connectivity index (χ4n) is 2.39. The summed E-state index contributed by atoms with van der Waals surface area (Å²) in [4.78, 5) is 14.3. The first kappa shape index (κ1) is 18.2. The van der Waals surface area contributed by atoms with Crippen LogP contribution in [-0.2, 0) is 14.8 Å². The molecular weight excluding hydrogens is 340 g/mol. The van der Waals surface area contributed by atoms with E-state index in [-0.39, 0.29) is 33.5 Å². The fraction of sp³-hybridized carbons (Fsp3) is 0.533. The Labute approximate surface area is 141 Å². The highest BCUT2D eigenvalue weighted by Crippen LogP contribution is 2.23. The molecule has 2 rings (SSSR count). The first-order chi connectivity index (χ1) is 10.7. The van der Waals surface area contributed by atoms with Crippen LogP contribution in [0.5, 0.6) is 0 Å². The maximum atomic E-state index is 12.6.